The number of nitrogens with zero attached hydrogens (tertiary/aromatic N) is 1. The first-order chi connectivity index (χ1) is 7.37. The van der Waals surface area contributed by atoms with Crippen LogP contribution in [-0.2, 0) is 10.0 Å². The molecule has 0 bridgehead atoms. The summed E-state index contributed by atoms with van der Waals surface area (Å²) in [5.41, 5.74) is 2.11. The van der Waals surface area contributed by atoms with Gasteiger partial charge < -0.3 is 0 Å². The quantitative estimate of drug-likeness (QED) is 0.670. The van der Waals surface area contributed by atoms with Gasteiger partial charge in [-0.1, -0.05) is 41.5 Å². The zero-order valence-electron chi connectivity index (χ0n) is 12.1. The van der Waals surface area contributed by atoms with E-state index in [1.165, 1.54) is 9.88 Å². The van der Waals surface area contributed by atoms with Crippen molar-refractivity contribution in [2.24, 2.45) is 10.8 Å². The average molecular weight is 259 g/mol. The van der Waals surface area contributed by atoms with Gasteiger partial charge in [-0.3, -0.25) is 4.31 Å². The van der Waals surface area contributed by atoms with Crippen molar-refractivity contribution in [2.75, 3.05) is 12.8 Å². The van der Waals surface area contributed by atoms with Crippen LogP contribution in [-0.4, -0.2) is 25.5 Å². The molecule has 100 valence electrons. The molecule has 1 aliphatic rings. The summed E-state index contributed by atoms with van der Waals surface area (Å²) in [7, 11) is -1.43. The first kappa shape index (κ1) is 14.6. The van der Waals surface area contributed by atoms with Crippen LogP contribution in [0.25, 0.3) is 0 Å². The first-order valence-electron chi connectivity index (χ1n) is 6.08. The van der Waals surface area contributed by atoms with Crippen LogP contribution in [0.4, 0.5) is 0 Å². The molecule has 0 fully saturated rings. The van der Waals surface area contributed by atoms with Crippen molar-refractivity contribution >= 4 is 10.0 Å². The van der Waals surface area contributed by atoms with Gasteiger partial charge in [0.15, 0.2) is 0 Å². The predicted molar refractivity (Wildman–Crippen MR) is 72.1 cm³/mol. The molecule has 1 rings (SSSR count). The lowest BCUT2D eigenvalue weighted by Crippen LogP contribution is -2.41. The molecule has 1 heterocycles. The highest BCUT2D eigenvalue weighted by Crippen LogP contribution is 2.43. The molecule has 0 atom stereocenters. The van der Waals surface area contributed by atoms with Crippen molar-refractivity contribution in [1.29, 1.82) is 0 Å². The third-order valence-corrected chi connectivity index (χ3v) is 4.98. The van der Waals surface area contributed by atoms with Crippen LogP contribution in [0.3, 0.4) is 0 Å². The fourth-order valence-electron chi connectivity index (χ4n) is 2.47. The van der Waals surface area contributed by atoms with Gasteiger partial charge in [-0.25, -0.2) is 8.42 Å². The van der Waals surface area contributed by atoms with Crippen LogP contribution < -0.4 is 0 Å². The summed E-state index contributed by atoms with van der Waals surface area (Å²) in [5.74, 6) is 0.232. The molecule has 3 nitrogen and oxygen atoms in total. The standard InChI is InChI=1S/C13H25NO2S/c1-12(2,3)10-8-9-17(15,16)14(7)11(10)13(4,5)6/h8-9H2,1-7H3. The molecule has 0 N–H and O–H groups in total. The van der Waals surface area contributed by atoms with E-state index in [1.54, 1.807) is 7.05 Å². The van der Waals surface area contributed by atoms with Crippen LogP contribution in [0.2, 0.25) is 0 Å². The van der Waals surface area contributed by atoms with Gasteiger partial charge in [-0.2, -0.15) is 0 Å². The van der Waals surface area contributed by atoms with Gasteiger partial charge in [0, 0.05) is 18.2 Å². The highest BCUT2D eigenvalue weighted by Gasteiger charge is 2.38. The Balaban J connectivity index is 3.48. The SMILES string of the molecule is CN1C(C(C)(C)C)=C(C(C)(C)C)CCS1(=O)=O. The first-order valence-corrected chi connectivity index (χ1v) is 7.69. The van der Waals surface area contributed by atoms with Crippen molar-refractivity contribution in [3.05, 3.63) is 11.3 Å². The molecule has 0 saturated heterocycles. The molecule has 0 amide bonds. The molecule has 0 saturated carbocycles. The van der Waals surface area contributed by atoms with Crippen LogP contribution in [0.5, 0.6) is 0 Å². The highest BCUT2D eigenvalue weighted by atomic mass is 32.2. The van der Waals surface area contributed by atoms with Gasteiger partial charge in [0.2, 0.25) is 10.0 Å². The number of sulfonamides is 1. The summed E-state index contributed by atoms with van der Waals surface area (Å²) < 4.78 is 25.5. The van der Waals surface area contributed by atoms with E-state index in [2.05, 4.69) is 41.5 Å². The maximum atomic E-state index is 12.0. The molecule has 0 aromatic rings. The highest BCUT2D eigenvalue weighted by molar-refractivity contribution is 7.89. The van der Waals surface area contributed by atoms with Crippen molar-refractivity contribution in [1.82, 2.24) is 4.31 Å². The van der Waals surface area contributed by atoms with Crippen molar-refractivity contribution in [3.63, 3.8) is 0 Å². The minimum Gasteiger partial charge on any atom is -0.277 e. The van der Waals surface area contributed by atoms with Gasteiger partial charge in [0.1, 0.15) is 0 Å². The Hall–Kier alpha value is -0.510. The van der Waals surface area contributed by atoms with Crippen molar-refractivity contribution < 1.29 is 8.42 Å². The number of hydrogen-bond donors (Lipinski definition) is 0. The molecule has 1 aliphatic heterocycles. The van der Waals surface area contributed by atoms with Gasteiger partial charge >= 0.3 is 0 Å². The lowest BCUT2D eigenvalue weighted by molar-refractivity contribution is 0.348. The molecule has 0 radical (unpaired) electrons. The summed E-state index contributed by atoms with van der Waals surface area (Å²) in [6, 6.07) is 0. The molecule has 0 aliphatic carbocycles. The fourth-order valence-corrected chi connectivity index (χ4v) is 3.87. The predicted octanol–water partition coefficient (Wildman–Crippen LogP) is 3.00. The van der Waals surface area contributed by atoms with Crippen LogP contribution >= 0.6 is 0 Å². The van der Waals surface area contributed by atoms with E-state index in [4.69, 9.17) is 0 Å². The summed E-state index contributed by atoms with van der Waals surface area (Å²) in [5, 5.41) is 0. The molecule has 4 heteroatoms. The Morgan fingerprint density at radius 2 is 1.47 bits per heavy atom. The van der Waals surface area contributed by atoms with Gasteiger partial charge in [-0.15, -0.1) is 0 Å². The maximum absolute atomic E-state index is 12.0. The molecule has 0 aromatic heterocycles. The van der Waals surface area contributed by atoms with E-state index in [-0.39, 0.29) is 16.6 Å². The summed E-state index contributed by atoms with van der Waals surface area (Å²) in [4.78, 5) is 0. The normalized spacial score (nSPS) is 21.9. The maximum Gasteiger partial charge on any atom is 0.234 e. The van der Waals surface area contributed by atoms with E-state index in [1.807, 2.05) is 0 Å². The van der Waals surface area contributed by atoms with E-state index in [0.29, 0.717) is 6.42 Å². The number of rotatable bonds is 0. The number of hydrogen-bond acceptors (Lipinski definition) is 2. The van der Waals surface area contributed by atoms with Crippen LogP contribution in [0.15, 0.2) is 11.3 Å². The Morgan fingerprint density at radius 3 is 1.82 bits per heavy atom. The Kier molecular flexibility index (Phi) is 3.43. The summed E-state index contributed by atoms with van der Waals surface area (Å²) >= 11 is 0. The van der Waals surface area contributed by atoms with Crippen molar-refractivity contribution in [3.8, 4) is 0 Å². The summed E-state index contributed by atoms with van der Waals surface area (Å²) in [6.07, 6.45) is 0.656. The second-order valence-corrected chi connectivity index (χ2v) is 8.98. The minimum absolute atomic E-state index is 0.0206. The van der Waals surface area contributed by atoms with Gasteiger partial charge in [-0.05, 0) is 17.4 Å². The number of allylic oxidation sites excluding steroid dienone is 2. The molecule has 0 aromatic carbocycles. The lowest BCUT2D eigenvalue weighted by atomic mass is 9.77. The largest absolute Gasteiger partial charge is 0.277 e. The average Bonchev–Trinajstić information content (AvgIpc) is 2.05. The zero-order chi connectivity index (χ0) is 13.6. The Labute approximate surface area is 106 Å². The lowest BCUT2D eigenvalue weighted by Gasteiger charge is -2.41. The second kappa shape index (κ2) is 4.01. The van der Waals surface area contributed by atoms with Crippen LogP contribution in [0.1, 0.15) is 48.0 Å². The second-order valence-electron chi connectivity index (χ2n) is 6.86. The van der Waals surface area contributed by atoms with E-state index >= 15 is 0 Å². The van der Waals surface area contributed by atoms with E-state index in [9.17, 15) is 8.42 Å². The minimum atomic E-state index is -3.11. The molecular weight excluding hydrogens is 234 g/mol. The van der Waals surface area contributed by atoms with Crippen molar-refractivity contribution in [2.45, 2.75) is 48.0 Å². The molecule has 0 unspecified atom stereocenters. The molecule has 0 spiro atoms. The molecular formula is C13H25NO2S. The van der Waals surface area contributed by atoms with E-state index in [0.717, 1.165) is 5.70 Å². The topological polar surface area (TPSA) is 37.4 Å². The summed E-state index contributed by atoms with van der Waals surface area (Å²) in [6.45, 7) is 12.7. The Morgan fingerprint density at radius 1 is 1.00 bits per heavy atom. The Bertz CT molecular complexity index is 433. The molecule has 17 heavy (non-hydrogen) atoms. The fraction of sp³-hybridized carbons (Fsp3) is 0.846. The zero-order valence-corrected chi connectivity index (χ0v) is 12.9. The third kappa shape index (κ3) is 2.84. The van der Waals surface area contributed by atoms with Crippen LogP contribution in [0, 0.1) is 10.8 Å². The monoisotopic (exact) mass is 259 g/mol. The van der Waals surface area contributed by atoms with Gasteiger partial charge in [0.05, 0.1) is 5.75 Å². The smallest absolute Gasteiger partial charge is 0.234 e. The van der Waals surface area contributed by atoms with E-state index < -0.39 is 10.0 Å². The third-order valence-electron chi connectivity index (χ3n) is 3.24. The van der Waals surface area contributed by atoms with Gasteiger partial charge in [0.25, 0.3) is 0 Å².